The van der Waals surface area contributed by atoms with E-state index >= 15 is 0 Å². The number of benzene rings is 4. The van der Waals surface area contributed by atoms with Crippen LogP contribution in [-0.2, 0) is 32.5 Å². The molecule has 0 aliphatic rings. The standard InChI is InChI=1S/C32H30ClFN2O5S/c1-4-41-31(37)18-23-8-13-27(14-9-23)36(20-24-6-10-25(33)11-7-24)42(39,40)28-15-16-30(34)29(19-28)32(38)35-26-12-5-21(2)22(3)17-26/h5-17,19H,4,18,20H2,1-3H3,(H,35,38). The summed E-state index contributed by atoms with van der Waals surface area (Å²) in [5.41, 5.74) is 3.62. The maximum atomic E-state index is 14.8. The van der Waals surface area contributed by atoms with Crippen LogP contribution in [0.1, 0.15) is 39.5 Å². The molecule has 1 amide bonds. The number of amides is 1. The molecule has 0 radical (unpaired) electrons. The molecule has 7 nitrogen and oxygen atoms in total. The van der Waals surface area contributed by atoms with Gasteiger partial charge in [-0.1, -0.05) is 41.9 Å². The number of nitrogens with one attached hydrogen (secondary N) is 1. The Morgan fingerprint density at radius 3 is 2.19 bits per heavy atom. The second-order valence-electron chi connectivity index (χ2n) is 9.68. The average Bonchev–Trinajstić information content (AvgIpc) is 2.95. The van der Waals surface area contributed by atoms with Gasteiger partial charge in [-0.05, 0) is 97.6 Å². The predicted octanol–water partition coefficient (Wildman–Crippen LogP) is 6.85. The van der Waals surface area contributed by atoms with Gasteiger partial charge in [-0.2, -0.15) is 0 Å². The highest BCUT2D eigenvalue weighted by Crippen LogP contribution is 2.28. The molecule has 0 atom stereocenters. The van der Waals surface area contributed by atoms with Crippen LogP contribution in [0.3, 0.4) is 0 Å². The first kappa shape index (κ1) is 30.7. The smallest absolute Gasteiger partial charge is 0.310 e. The molecular formula is C32H30ClFN2O5S. The number of hydrogen-bond donors (Lipinski definition) is 1. The van der Waals surface area contributed by atoms with Gasteiger partial charge in [0.15, 0.2) is 0 Å². The molecule has 0 fully saturated rings. The monoisotopic (exact) mass is 608 g/mol. The summed E-state index contributed by atoms with van der Waals surface area (Å²) in [4.78, 5) is 24.7. The van der Waals surface area contributed by atoms with Gasteiger partial charge in [0.2, 0.25) is 0 Å². The average molecular weight is 609 g/mol. The van der Waals surface area contributed by atoms with Gasteiger partial charge in [-0.3, -0.25) is 13.9 Å². The van der Waals surface area contributed by atoms with Gasteiger partial charge >= 0.3 is 5.97 Å². The molecule has 0 spiro atoms. The molecule has 0 aromatic heterocycles. The summed E-state index contributed by atoms with van der Waals surface area (Å²) in [6, 6.07) is 21.6. The Labute approximate surface area is 249 Å². The van der Waals surface area contributed by atoms with Crippen molar-refractivity contribution in [2.24, 2.45) is 0 Å². The Hall–Kier alpha value is -4.21. The van der Waals surface area contributed by atoms with E-state index in [1.54, 1.807) is 67.6 Å². The van der Waals surface area contributed by atoms with Gasteiger partial charge in [0.05, 0.1) is 35.7 Å². The summed E-state index contributed by atoms with van der Waals surface area (Å²) in [6.45, 7) is 5.72. The summed E-state index contributed by atoms with van der Waals surface area (Å²) < 4.78 is 49.1. The van der Waals surface area contributed by atoms with E-state index in [0.29, 0.717) is 27.5 Å². The Balaban J connectivity index is 1.69. The third kappa shape index (κ3) is 7.35. The van der Waals surface area contributed by atoms with Crippen molar-refractivity contribution in [3.8, 4) is 0 Å². The van der Waals surface area contributed by atoms with Gasteiger partial charge in [0, 0.05) is 10.7 Å². The SMILES string of the molecule is CCOC(=O)Cc1ccc(N(Cc2ccc(Cl)cc2)S(=O)(=O)c2ccc(F)c(C(=O)Nc3ccc(C)c(C)c3)c2)cc1. The van der Waals surface area contributed by atoms with Crippen LogP contribution in [0.15, 0.2) is 89.8 Å². The fourth-order valence-corrected chi connectivity index (χ4v) is 5.82. The normalized spacial score (nSPS) is 11.2. The minimum Gasteiger partial charge on any atom is -0.466 e. The van der Waals surface area contributed by atoms with E-state index in [4.69, 9.17) is 16.3 Å². The largest absolute Gasteiger partial charge is 0.466 e. The van der Waals surface area contributed by atoms with Gasteiger partial charge < -0.3 is 10.1 Å². The zero-order valence-electron chi connectivity index (χ0n) is 23.4. The quantitative estimate of drug-likeness (QED) is 0.199. The van der Waals surface area contributed by atoms with E-state index in [1.807, 2.05) is 19.9 Å². The van der Waals surface area contributed by atoms with Crippen molar-refractivity contribution in [2.45, 2.75) is 38.6 Å². The molecule has 4 aromatic carbocycles. The highest BCUT2D eigenvalue weighted by Gasteiger charge is 2.27. The van der Waals surface area contributed by atoms with Crippen LogP contribution in [0.4, 0.5) is 15.8 Å². The lowest BCUT2D eigenvalue weighted by atomic mass is 10.1. The topological polar surface area (TPSA) is 92.8 Å². The van der Waals surface area contributed by atoms with E-state index in [2.05, 4.69) is 5.32 Å². The fourth-order valence-electron chi connectivity index (χ4n) is 4.21. The van der Waals surface area contributed by atoms with Gasteiger partial charge in [0.25, 0.3) is 15.9 Å². The molecule has 0 heterocycles. The predicted molar refractivity (Wildman–Crippen MR) is 162 cm³/mol. The highest BCUT2D eigenvalue weighted by molar-refractivity contribution is 7.92. The number of esters is 1. The Kier molecular flexibility index (Phi) is 9.65. The van der Waals surface area contributed by atoms with Crippen LogP contribution in [0.25, 0.3) is 0 Å². The third-order valence-corrected chi connectivity index (χ3v) is 8.67. The number of carbonyl (C=O) groups excluding carboxylic acids is 2. The van der Waals surface area contributed by atoms with Gasteiger partial charge in [-0.15, -0.1) is 0 Å². The maximum Gasteiger partial charge on any atom is 0.310 e. The van der Waals surface area contributed by atoms with Crippen LogP contribution in [-0.4, -0.2) is 26.9 Å². The number of halogens is 2. The van der Waals surface area contributed by atoms with Crippen molar-refractivity contribution in [3.05, 3.63) is 124 Å². The molecule has 0 aliphatic heterocycles. The van der Waals surface area contributed by atoms with Crippen molar-refractivity contribution in [1.29, 1.82) is 0 Å². The number of nitrogens with zero attached hydrogens (tertiary/aromatic N) is 1. The van der Waals surface area contributed by atoms with Crippen molar-refractivity contribution in [3.63, 3.8) is 0 Å². The van der Waals surface area contributed by atoms with Crippen molar-refractivity contribution in [2.75, 3.05) is 16.2 Å². The molecule has 42 heavy (non-hydrogen) atoms. The number of carbonyl (C=O) groups is 2. The summed E-state index contributed by atoms with van der Waals surface area (Å²) in [5, 5.41) is 3.14. The first-order valence-electron chi connectivity index (χ1n) is 13.2. The second-order valence-corrected chi connectivity index (χ2v) is 12.0. The molecule has 1 N–H and O–H groups in total. The zero-order valence-corrected chi connectivity index (χ0v) is 24.9. The molecule has 10 heteroatoms. The second kappa shape index (κ2) is 13.2. The fraction of sp³-hybridized carbons (Fsp3) is 0.188. The summed E-state index contributed by atoms with van der Waals surface area (Å²) >= 11 is 6.03. The Morgan fingerprint density at radius 1 is 0.881 bits per heavy atom. The molecule has 4 rings (SSSR count). The molecular weight excluding hydrogens is 579 g/mol. The van der Waals surface area contributed by atoms with Crippen molar-refractivity contribution in [1.82, 2.24) is 0 Å². The minimum atomic E-state index is -4.30. The first-order valence-corrected chi connectivity index (χ1v) is 15.0. The van der Waals surface area contributed by atoms with Gasteiger partial charge in [0.1, 0.15) is 5.82 Å². The molecule has 0 aliphatic carbocycles. The van der Waals surface area contributed by atoms with E-state index < -0.39 is 33.3 Å². The summed E-state index contributed by atoms with van der Waals surface area (Å²) in [5.74, 6) is -2.03. The third-order valence-electron chi connectivity index (χ3n) is 6.65. The number of rotatable bonds is 10. The molecule has 4 aromatic rings. The highest BCUT2D eigenvalue weighted by atomic mass is 35.5. The van der Waals surface area contributed by atoms with Gasteiger partial charge in [-0.25, -0.2) is 12.8 Å². The Bertz CT molecular complexity index is 1710. The number of aryl methyl sites for hydroxylation is 2. The van der Waals surface area contributed by atoms with Crippen LogP contribution in [0.5, 0.6) is 0 Å². The Morgan fingerprint density at radius 2 is 1.55 bits per heavy atom. The maximum absolute atomic E-state index is 14.8. The van der Waals surface area contributed by atoms with Crippen LogP contribution >= 0.6 is 11.6 Å². The van der Waals surface area contributed by atoms with Crippen molar-refractivity contribution < 1.29 is 27.1 Å². The summed E-state index contributed by atoms with van der Waals surface area (Å²) in [7, 11) is -4.30. The molecule has 0 saturated carbocycles. The van der Waals surface area contributed by atoms with Crippen LogP contribution < -0.4 is 9.62 Å². The number of hydrogen-bond acceptors (Lipinski definition) is 5. The van der Waals surface area contributed by atoms with E-state index in [1.165, 1.54) is 0 Å². The van der Waals surface area contributed by atoms with Crippen molar-refractivity contribution >= 4 is 44.9 Å². The zero-order chi connectivity index (χ0) is 30.4. The number of sulfonamides is 1. The summed E-state index contributed by atoms with van der Waals surface area (Å²) in [6.07, 6.45) is 0.0367. The van der Waals surface area contributed by atoms with Crippen LogP contribution in [0, 0.1) is 19.7 Å². The minimum absolute atomic E-state index is 0.0367. The van der Waals surface area contributed by atoms with E-state index in [9.17, 15) is 22.4 Å². The lowest BCUT2D eigenvalue weighted by Crippen LogP contribution is -2.31. The number of anilines is 2. The molecule has 218 valence electrons. The lowest BCUT2D eigenvalue weighted by Gasteiger charge is -2.25. The van der Waals surface area contributed by atoms with E-state index in [0.717, 1.165) is 33.6 Å². The first-order chi connectivity index (χ1) is 20.0. The molecule has 0 saturated heterocycles. The molecule has 0 bridgehead atoms. The van der Waals surface area contributed by atoms with Crippen LogP contribution in [0.2, 0.25) is 5.02 Å². The van der Waals surface area contributed by atoms with E-state index in [-0.39, 0.29) is 24.5 Å². The number of ether oxygens (including phenoxy) is 1. The lowest BCUT2D eigenvalue weighted by molar-refractivity contribution is -0.142. The molecule has 0 unspecified atom stereocenters.